The van der Waals surface area contributed by atoms with Crippen molar-refractivity contribution < 1.29 is 13.3 Å². The van der Waals surface area contributed by atoms with E-state index in [-0.39, 0.29) is 10.6 Å². The van der Waals surface area contributed by atoms with E-state index >= 15 is 0 Å². The fourth-order valence-corrected chi connectivity index (χ4v) is 5.00. The maximum absolute atomic E-state index is 12.0. The maximum atomic E-state index is 12.0. The van der Waals surface area contributed by atoms with Crippen LogP contribution in [0.2, 0.25) is 0 Å². The second kappa shape index (κ2) is 6.18. The van der Waals surface area contributed by atoms with Crippen LogP contribution < -0.4 is 0 Å². The van der Waals surface area contributed by atoms with Gasteiger partial charge in [-0.25, -0.2) is 0 Å². The summed E-state index contributed by atoms with van der Waals surface area (Å²) in [5, 5.41) is 10.6. The number of benzene rings is 2. The molecule has 0 atom stereocenters. The first-order valence-electron chi connectivity index (χ1n) is 5.40. The topological polar surface area (TPSA) is 89.6 Å². The Hall–Kier alpha value is -1.68. The number of nitro groups is 1. The van der Waals surface area contributed by atoms with Gasteiger partial charge in [-0.15, -0.1) is 2.55 Å². The van der Waals surface area contributed by atoms with Crippen LogP contribution in [0.5, 0.6) is 0 Å². The molecular formula is C12H9IN2O4S. The molecule has 0 radical (unpaired) electrons. The third-order valence-corrected chi connectivity index (χ3v) is 6.81. The SMILES string of the molecule is O=[N+]([O-])c1cccc(S(=O)(=O)N=Ic2ccccc2)c1. The first kappa shape index (κ1) is 14.7. The summed E-state index contributed by atoms with van der Waals surface area (Å²) in [7, 11) is -3.85. The normalized spacial score (nSPS) is 12.0. The lowest BCUT2D eigenvalue weighted by molar-refractivity contribution is -0.385. The number of hydrogen-bond donors (Lipinski definition) is 0. The van der Waals surface area contributed by atoms with E-state index in [4.69, 9.17) is 0 Å². The van der Waals surface area contributed by atoms with Crippen molar-refractivity contribution in [3.05, 3.63) is 68.3 Å². The molecule has 0 amide bonds. The molecule has 0 aliphatic rings. The Morgan fingerprint density at radius 3 is 2.40 bits per heavy atom. The smallest absolute Gasteiger partial charge is 0.258 e. The minimum Gasteiger partial charge on any atom is -0.258 e. The predicted octanol–water partition coefficient (Wildman–Crippen LogP) is 3.31. The van der Waals surface area contributed by atoms with Gasteiger partial charge in [0, 0.05) is 36.7 Å². The van der Waals surface area contributed by atoms with E-state index in [0.29, 0.717) is 0 Å². The monoisotopic (exact) mass is 404 g/mol. The van der Waals surface area contributed by atoms with Gasteiger partial charge in [-0.05, 0) is 18.2 Å². The van der Waals surface area contributed by atoms with Crippen LogP contribution >= 0.6 is 21.0 Å². The Labute approximate surface area is 125 Å². The summed E-state index contributed by atoms with van der Waals surface area (Å²) in [5.74, 6) is 0. The molecule has 0 heterocycles. The lowest BCUT2D eigenvalue weighted by atomic mass is 10.3. The van der Waals surface area contributed by atoms with Crippen molar-refractivity contribution in [1.29, 1.82) is 0 Å². The van der Waals surface area contributed by atoms with Gasteiger partial charge in [0.1, 0.15) is 0 Å². The highest BCUT2D eigenvalue weighted by Crippen LogP contribution is 2.23. The highest BCUT2D eigenvalue weighted by atomic mass is 127. The number of sulfonamides is 1. The molecule has 2 aromatic carbocycles. The standard InChI is InChI=1S/C12H9IN2O4S/c16-15(17)11-7-4-8-12(9-11)20(18,19)14-13-10-5-2-1-3-6-10/h1-9H. The quantitative estimate of drug-likeness (QED) is 0.444. The summed E-state index contributed by atoms with van der Waals surface area (Å²) in [4.78, 5) is 9.86. The van der Waals surface area contributed by atoms with Crippen molar-refractivity contribution in [2.24, 2.45) is 2.55 Å². The van der Waals surface area contributed by atoms with Crippen LogP contribution in [-0.2, 0) is 10.0 Å². The molecule has 20 heavy (non-hydrogen) atoms. The van der Waals surface area contributed by atoms with Gasteiger partial charge in [0.15, 0.2) is 0 Å². The third kappa shape index (κ3) is 3.67. The average molecular weight is 404 g/mol. The van der Waals surface area contributed by atoms with Gasteiger partial charge < -0.3 is 0 Å². The zero-order valence-corrected chi connectivity index (χ0v) is 13.0. The van der Waals surface area contributed by atoms with E-state index in [1.165, 1.54) is 18.2 Å². The number of nitrogens with zero attached hydrogens (tertiary/aromatic N) is 2. The van der Waals surface area contributed by atoms with Crippen LogP contribution in [-0.4, -0.2) is 13.3 Å². The number of halogens is 1. The van der Waals surface area contributed by atoms with Crippen LogP contribution in [0.25, 0.3) is 0 Å². The van der Waals surface area contributed by atoms with Gasteiger partial charge >= 0.3 is 0 Å². The van der Waals surface area contributed by atoms with Crippen LogP contribution in [0.3, 0.4) is 0 Å². The van der Waals surface area contributed by atoms with E-state index in [1.54, 1.807) is 12.1 Å². The van der Waals surface area contributed by atoms with Crippen molar-refractivity contribution in [3.63, 3.8) is 0 Å². The summed E-state index contributed by atoms with van der Waals surface area (Å²) in [6.07, 6.45) is 0. The van der Waals surface area contributed by atoms with Crippen molar-refractivity contribution in [2.75, 3.05) is 0 Å². The highest BCUT2D eigenvalue weighted by molar-refractivity contribution is 14.2. The largest absolute Gasteiger partial charge is 0.287 e. The Bertz CT molecular complexity index is 760. The van der Waals surface area contributed by atoms with Crippen molar-refractivity contribution >= 4 is 36.7 Å². The Balaban J connectivity index is 2.34. The fourth-order valence-electron chi connectivity index (χ4n) is 1.35. The number of nitro benzene ring substituents is 1. The molecule has 2 rings (SSSR count). The van der Waals surface area contributed by atoms with Crippen LogP contribution in [0.1, 0.15) is 0 Å². The Morgan fingerprint density at radius 2 is 1.75 bits per heavy atom. The number of non-ortho nitro benzene ring substituents is 1. The zero-order chi connectivity index (χ0) is 14.6. The van der Waals surface area contributed by atoms with Gasteiger partial charge in [-0.3, -0.25) is 10.1 Å². The minimum atomic E-state index is -3.85. The summed E-state index contributed by atoms with van der Waals surface area (Å²) in [6, 6.07) is 14.0. The van der Waals surface area contributed by atoms with Gasteiger partial charge in [0.05, 0.1) is 9.82 Å². The van der Waals surface area contributed by atoms with E-state index < -0.39 is 36.0 Å². The maximum Gasteiger partial charge on any atom is 0.287 e. The molecule has 0 bridgehead atoms. The molecule has 0 fully saturated rings. The molecule has 0 aliphatic heterocycles. The molecule has 104 valence electrons. The van der Waals surface area contributed by atoms with E-state index in [2.05, 4.69) is 2.55 Å². The summed E-state index contributed by atoms with van der Waals surface area (Å²) in [5.41, 5.74) is -0.265. The molecule has 2 aromatic rings. The van der Waals surface area contributed by atoms with Crippen LogP contribution in [0.4, 0.5) is 5.69 Å². The van der Waals surface area contributed by atoms with Gasteiger partial charge in [0.25, 0.3) is 15.7 Å². The molecule has 0 aliphatic carbocycles. The van der Waals surface area contributed by atoms with E-state index in [1.807, 2.05) is 18.2 Å². The molecule has 8 heteroatoms. The van der Waals surface area contributed by atoms with Crippen LogP contribution in [0.15, 0.2) is 62.0 Å². The summed E-state index contributed by atoms with van der Waals surface area (Å²) in [6.45, 7) is 0. The lowest BCUT2D eigenvalue weighted by Crippen LogP contribution is -1.96. The third-order valence-electron chi connectivity index (χ3n) is 2.28. The molecule has 0 N–H and O–H groups in total. The van der Waals surface area contributed by atoms with Gasteiger partial charge in [-0.2, -0.15) is 8.42 Å². The molecule has 0 aromatic heterocycles. The molecule has 0 spiro atoms. The van der Waals surface area contributed by atoms with Crippen LogP contribution in [0, 0.1) is 13.7 Å². The second-order valence-corrected chi connectivity index (χ2v) is 8.15. The minimum absolute atomic E-state index is 0.151. The van der Waals surface area contributed by atoms with Gasteiger partial charge in [-0.1, -0.05) is 24.3 Å². The molecule has 6 nitrogen and oxygen atoms in total. The van der Waals surface area contributed by atoms with Crippen molar-refractivity contribution in [3.8, 4) is 0 Å². The Morgan fingerprint density at radius 1 is 1.05 bits per heavy atom. The summed E-state index contributed by atoms with van der Waals surface area (Å²) < 4.78 is 28.7. The molecule has 0 unspecified atom stereocenters. The summed E-state index contributed by atoms with van der Waals surface area (Å²) >= 11 is -1.05. The van der Waals surface area contributed by atoms with E-state index in [0.717, 1.165) is 9.64 Å². The predicted molar refractivity (Wildman–Crippen MR) is 81.9 cm³/mol. The Kier molecular flexibility index (Phi) is 4.55. The van der Waals surface area contributed by atoms with E-state index in [9.17, 15) is 18.5 Å². The van der Waals surface area contributed by atoms with Crippen molar-refractivity contribution in [2.45, 2.75) is 4.90 Å². The molecule has 0 saturated carbocycles. The lowest BCUT2D eigenvalue weighted by Gasteiger charge is -1.98. The average Bonchev–Trinajstić information content (AvgIpc) is 2.46. The first-order valence-corrected chi connectivity index (χ1v) is 8.88. The second-order valence-electron chi connectivity index (χ2n) is 3.68. The fraction of sp³-hybridized carbons (Fsp3) is 0. The molecule has 0 saturated heterocycles. The number of hydrogen-bond acceptors (Lipinski definition) is 4. The first-order chi connectivity index (χ1) is 9.49. The highest BCUT2D eigenvalue weighted by Gasteiger charge is 2.16. The zero-order valence-electron chi connectivity index (χ0n) is 10.0. The van der Waals surface area contributed by atoms with Gasteiger partial charge in [0.2, 0.25) is 0 Å². The molecular weight excluding hydrogens is 395 g/mol. The number of rotatable bonds is 4. The van der Waals surface area contributed by atoms with Crippen molar-refractivity contribution in [1.82, 2.24) is 0 Å².